The third kappa shape index (κ3) is 4.51. The third-order valence-corrected chi connectivity index (χ3v) is 7.31. The Morgan fingerprint density at radius 1 is 0.971 bits per heavy atom. The number of piperidine rings is 1. The van der Waals surface area contributed by atoms with Gasteiger partial charge < -0.3 is 15.1 Å². The maximum Gasteiger partial charge on any atom is 0.317 e. The molecule has 0 bridgehead atoms. The maximum atomic E-state index is 13.2. The fourth-order valence-corrected chi connectivity index (χ4v) is 5.57. The zero-order valence-corrected chi connectivity index (χ0v) is 19.7. The Morgan fingerprint density at radius 2 is 1.77 bits per heavy atom. The van der Waals surface area contributed by atoms with Gasteiger partial charge in [0.2, 0.25) is 5.89 Å². The SMILES string of the molecule is O=C1Cc2ccccc2C(c2ccccc2)=NC1Nc1nnc([C@@H]2CCCN2C2CCNCC2)o1. The van der Waals surface area contributed by atoms with E-state index < -0.39 is 6.17 Å². The van der Waals surface area contributed by atoms with Gasteiger partial charge in [0.15, 0.2) is 11.9 Å². The highest BCUT2D eigenvalue weighted by Crippen LogP contribution is 2.35. The Kier molecular flexibility index (Phi) is 6.14. The zero-order chi connectivity index (χ0) is 23.6. The zero-order valence-electron chi connectivity index (χ0n) is 19.7. The van der Waals surface area contributed by atoms with Crippen molar-refractivity contribution in [3.05, 3.63) is 77.2 Å². The molecule has 8 nitrogen and oxygen atoms in total. The Labute approximate surface area is 204 Å². The number of aliphatic imine (C=N–C) groups is 1. The van der Waals surface area contributed by atoms with Crippen molar-refractivity contribution in [2.45, 2.75) is 50.4 Å². The van der Waals surface area contributed by atoms with Crippen LogP contribution < -0.4 is 10.6 Å². The molecule has 1 unspecified atom stereocenters. The number of carbonyl (C=O) groups excluding carboxylic acids is 1. The van der Waals surface area contributed by atoms with E-state index in [9.17, 15) is 4.79 Å². The van der Waals surface area contributed by atoms with E-state index in [1.54, 1.807) is 0 Å². The summed E-state index contributed by atoms with van der Waals surface area (Å²) in [5.74, 6) is 0.598. The van der Waals surface area contributed by atoms with Crippen molar-refractivity contribution in [3.63, 3.8) is 0 Å². The van der Waals surface area contributed by atoms with Crippen molar-refractivity contribution in [1.29, 1.82) is 0 Å². The van der Waals surface area contributed by atoms with E-state index in [4.69, 9.17) is 9.41 Å². The number of anilines is 1. The van der Waals surface area contributed by atoms with Crippen molar-refractivity contribution < 1.29 is 9.21 Å². The van der Waals surface area contributed by atoms with Crippen molar-refractivity contribution in [3.8, 4) is 0 Å². The van der Waals surface area contributed by atoms with Crippen LogP contribution in [-0.2, 0) is 11.2 Å². The lowest BCUT2D eigenvalue weighted by Crippen LogP contribution is -2.42. The number of ketones is 1. The number of hydrogen-bond acceptors (Lipinski definition) is 8. The number of hydrogen-bond donors (Lipinski definition) is 2. The summed E-state index contributed by atoms with van der Waals surface area (Å²) in [6.07, 6.45) is 3.92. The molecule has 2 atom stereocenters. The predicted octanol–water partition coefficient (Wildman–Crippen LogP) is 3.36. The number of fused-ring (bicyclic) bond motifs is 1. The first-order chi connectivity index (χ1) is 17.3. The van der Waals surface area contributed by atoms with Crippen LogP contribution in [0.15, 0.2) is 64.0 Å². The number of benzene rings is 2. The second-order valence-corrected chi connectivity index (χ2v) is 9.51. The quantitative estimate of drug-likeness (QED) is 0.590. The largest absolute Gasteiger partial charge is 0.406 e. The van der Waals surface area contributed by atoms with E-state index in [1.165, 1.54) is 0 Å². The smallest absolute Gasteiger partial charge is 0.317 e. The number of carbonyl (C=O) groups is 1. The van der Waals surface area contributed by atoms with Crippen LogP contribution in [0.1, 0.15) is 54.3 Å². The first-order valence-corrected chi connectivity index (χ1v) is 12.6. The highest BCUT2D eigenvalue weighted by Gasteiger charge is 2.36. The molecular weight excluding hydrogens is 440 g/mol. The van der Waals surface area contributed by atoms with Crippen molar-refractivity contribution in [2.24, 2.45) is 4.99 Å². The summed E-state index contributed by atoms with van der Waals surface area (Å²) in [5, 5.41) is 15.2. The van der Waals surface area contributed by atoms with Gasteiger partial charge in [0.25, 0.3) is 0 Å². The summed E-state index contributed by atoms with van der Waals surface area (Å²) in [6.45, 7) is 3.17. The topological polar surface area (TPSA) is 95.7 Å². The molecule has 2 saturated heterocycles. The average molecular weight is 471 g/mol. The van der Waals surface area contributed by atoms with Gasteiger partial charge >= 0.3 is 6.01 Å². The predicted molar refractivity (Wildman–Crippen MR) is 134 cm³/mol. The number of aromatic nitrogens is 2. The number of rotatable bonds is 5. The van der Waals surface area contributed by atoms with Gasteiger partial charge in [-0.1, -0.05) is 59.7 Å². The van der Waals surface area contributed by atoms with Crippen LogP contribution in [0.5, 0.6) is 0 Å². The minimum absolute atomic E-state index is 0.0275. The van der Waals surface area contributed by atoms with Gasteiger partial charge in [0.05, 0.1) is 11.8 Å². The van der Waals surface area contributed by atoms with E-state index in [1.807, 2.05) is 54.6 Å². The number of nitrogens with one attached hydrogen (secondary N) is 2. The Bertz CT molecular complexity index is 1220. The fourth-order valence-electron chi connectivity index (χ4n) is 5.57. The van der Waals surface area contributed by atoms with Crippen LogP contribution >= 0.6 is 0 Å². The highest BCUT2D eigenvalue weighted by molar-refractivity contribution is 6.16. The Morgan fingerprint density at radius 3 is 2.63 bits per heavy atom. The molecule has 0 spiro atoms. The molecule has 2 N–H and O–H groups in total. The van der Waals surface area contributed by atoms with Gasteiger partial charge in [-0.3, -0.25) is 14.7 Å². The van der Waals surface area contributed by atoms with Crippen LogP contribution in [-0.4, -0.2) is 58.4 Å². The summed E-state index contributed by atoms with van der Waals surface area (Å²) in [7, 11) is 0. The minimum Gasteiger partial charge on any atom is -0.406 e. The molecule has 3 aromatic rings. The third-order valence-electron chi connectivity index (χ3n) is 7.31. The minimum atomic E-state index is -0.796. The molecule has 180 valence electrons. The van der Waals surface area contributed by atoms with Gasteiger partial charge in [-0.2, -0.15) is 0 Å². The number of Topliss-reactive ketones (excluding diaryl/α,β-unsaturated/α-hetero) is 1. The normalized spacial score (nSPS) is 23.5. The molecular formula is C27H30N6O2. The summed E-state index contributed by atoms with van der Waals surface area (Å²) >= 11 is 0. The van der Waals surface area contributed by atoms with Gasteiger partial charge in [0, 0.05) is 23.6 Å². The molecule has 2 fully saturated rings. The van der Waals surface area contributed by atoms with Gasteiger partial charge in [-0.05, 0) is 50.9 Å². The molecule has 0 saturated carbocycles. The van der Waals surface area contributed by atoms with Crippen molar-refractivity contribution in [1.82, 2.24) is 20.4 Å². The van der Waals surface area contributed by atoms with Crippen LogP contribution in [0.25, 0.3) is 0 Å². The molecule has 0 aliphatic carbocycles. The van der Waals surface area contributed by atoms with Crippen molar-refractivity contribution >= 4 is 17.5 Å². The van der Waals surface area contributed by atoms with Gasteiger partial charge in [-0.25, -0.2) is 0 Å². The summed E-state index contributed by atoms with van der Waals surface area (Å²) in [4.78, 5) is 20.6. The van der Waals surface area contributed by atoms with Crippen LogP contribution in [0.2, 0.25) is 0 Å². The first-order valence-electron chi connectivity index (χ1n) is 12.6. The van der Waals surface area contributed by atoms with Crippen LogP contribution in [0.3, 0.4) is 0 Å². The van der Waals surface area contributed by atoms with E-state index in [2.05, 4.69) is 25.7 Å². The molecule has 0 radical (unpaired) electrons. The second-order valence-electron chi connectivity index (χ2n) is 9.51. The standard InChI is InChI=1S/C27H30N6O2/c34-23-17-19-9-4-5-10-21(19)24(18-7-2-1-3-8-18)29-25(23)30-27-32-31-26(35-27)22-11-6-16-33(22)20-12-14-28-15-13-20/h1-5,7-10,20,22,25,28H,6,11-17H2,(H,30,32)/t22-,25?/m0/s1. The molecule has 1 aromatic heterocycles. The molecule has 3 aliphatic heterocycles. The first kappa shape index (κ1) is 22.1. The summed E-state index contributed by atoms with van der Waals surface area (Å²) in [5.41, 5.74) is 3.71. The number of likely N-dealkylation sites (tertiary alicyclic amines) is 1. The lowest BCUT2D eigenvalue weighted by Gasteiger charge is -2.34. The van der Waals surface area contributed by atoms with Gasteiger partial charge in [0.1, 0.15) is 0 Å². The molecule has 2 aromatic carbocycles. The van der Waals surface area contributed by atoms with E-state index in [0.717, 1.165) is 67.7 Å². The summed E-state index contributed by atoms with van der Waals surface area (Å²) < 4.78 is 6.09. The molecule has 3 aliphatic rings. The maximum absolute atomic E-state index is 13.2. The van der Waals surface area contributed by atoms with Crippen molar-refractivity contribution in [2.75, 3.05) is 25.0 Å². The Balaban J connectivity index is 1.26. The fraction of sp³-hybridized carbons (Fsp3) is 0.407. The van der Waals surface area contributed by atoms with Crippen LogP contribution in [0.4, 0.5) is 6.01 Å². The van der Waals surface area contributed by atoms with Crippen LogP contribution in [0, 0.1) is 0 Å². The Hall–Kier alpha value is -3.36. The van der Waals surface area contributed by atoms with Gasteiger partial charge in [-0.15, -0.1) is 5.10 Å². The second kappa shape index (κ2) is 9.71. The molecule has 4 heterocycles. The molecule has 6 rings (SSSR count). The average Bonchev–Trinajstić information content (AvgIpc) is 3.55. The van der Waals surface area contributed by atoms with E-state index in [0.29, 0.717) is 18.4 Å². The lowest BCUT2D eigenvalue weighted by atomic mass is 9.96. The molecule has 0 amide bonds. The molecule has 35 heavy (non-hydrogen) atoms. The summed E-state index contributed by atoms with van der Waals surface area (Å²) in [6, 6.07) is 18.9. The van der Waals surface area contributed by atoms with E-state index in [-0.39, 0.29) is 17.8 Å². The van der Waals surface area contributed by atoms with E-state index >= 15 is 0 Å². The number of nitrogens with zero attached hydrogens (tertiary/aromatic N) is 4. The highest BCUT2D eigenvalue weighted by atomic mass is 16.4. The monoisotopic (exact) mass is 470 g/mol. The lowest BCUT2D eigenvalue weighted by molar-refractivity contribution is -0.119. The molecule has 8 heteroatoms.